The van der Waals surface area contributed by atoms with Crippen molar-refractivity contribution < 1.29 is 4.74 Å². The van der Waals surface area contributed by atoms with Crippen molar-refractivity contribution in [3.63, 3.8) is 0 Å². The second-order valence-corrected chi connectivity index (χ2v) is 9.65. The first-order valence-corrected chi connectivity index (χ1v) is 12.0. The number of aliphatic imine (C=N–C) groups is 1. The van der Waals surface area contributed by atoms with Gasteiger partial charge in [-0.2, -0.15) is 0 Å². The molecule has 0 aliphatic carbocycles. The van der Waals surface area contributed by atoms with E-state index in [1.807, 2.05) is 18.4 Å². The Bertz CT molecular complexity index is 600. The highest BCUT2D eigenvalue weighted by Gasteiger charge is 2.24. The minimum Gasteiger partial charge on any atom is -0.379 e. The number of nitrogens with zero attached hydrogens (tertiary/aromatic N) is 3. The minimum absolute atomic E-state index is 0.508. The molecule has 3 rings (SSSR count). The third-order valence-electron chi connectivity index (χ3n) is 6.11. The summed E-state index contributed by atoms with van der Waals surface area (Å²) >= 11 is 1.86. The molecular formula is C22H39N5OS. The Morgan fingerprint density at radius 1 is 1.28 bits per heavy atom. The van der Waals surface area contributed by atoms with Gasteiger partial charge < -0.3 is 15.4 Å². The third-order valence-corrected chi connectivity index (χ3v) is 6.97. The fraction of sp³-hybridized carbons (Fsp3) is 0.773. The van der Waals surface area contributed by atoms with Gasteiger partial charge in [-0.25, -0.2) is 0 Å². The maximum Gasteiger partial charge on any atom is 0.191 e. The zero-order valence-corrected chi connectivity index (χ0v) is 19.2. The average Bonchev–Trinajstić information content (AvgIpc) is 3.24. The van der Waals surface area contributed by atoms with Crippen molar-refractivity contribution in [2.75, 3.05) is 59.5 Å². The van der Waals surface area contributed by atoms with E-state index in [9.17, 15) is 0 Å². The number of ether oxygens (including phenoxy) is 1. The maximum absolute atomic E-state index is 5.52. The molecule has 2 fully saturated rings. The molecule has 0 radical (unpaired) electrons. The summed E-state index contributed by atoms with van der Waals surface area (Å²) in [7, 11) is 1.87. The smallest absolute Gasteiger partial charge is 0.191 e. The number of nitrogens with one attached hydrogen (secondary N) is 2. The van der Waals surface area contributed by atoms with Crippen molar-refractivity contribution in [1.82, 2.24) is 20.4 Å². The number of thiophene rings is 1. The van der Waals surface area contributed by atoms with Crippen LogP contribution >= 0.6 is 11.3 Å². The number of likely N-dealkylation sites (tertiary alicyclic amines) is 1. The number of piperidine rings is 1. The van der Waals surface area contributed by atoms with Crippen LogP contribution in [0.5, 0.6) is 0 Å². The van der Waals surface area contributed by atoms with E-state index in [-0.39, 0.29) is 0 Å². The van der Waals surface area contributed by atoms with Gasteiger partial charge in [0.05, 0.1) is 13.2 Å². The van der Waals surface area contributed by atoms with E-state index in [1.54, 1.807) is 0 Å². The van der Waals surface area contributed by atoms with Crippen molar-refractivity contribution in [1.29, 1.82) is 0 Å². The second-order valence-electron chi connectivity index (χ2n) is 8.62. The molecule has 0 bridgehead atoms. The lowest BCUT2D eigenvalue weighted by Crippen LogP contribution is -2.53. The molecule has 7 heteroatoms. The summed E-state index contributed by atoms with van der Waals surface area (Å²) in [5.74, 6) is 2.21. The fourth-order valence-corrected chi connectivity index (χ4v) is 5.19. The standard InChI is InChI=1S/C22H39N5OS/c1-18(2)21(27-9-11-28-12-10-27)15-25-22(23-3)24-14-19-6-4-8-26(16-19)17-20-7-5-13-29-20/h5,7,13,18-19,21H,4,6,8-12,14-17H2,1-3H3,(H2,23,24,25). The van der Waals surface area contributed by atoms with Crippen LogP contribution in [-0.2, 0) is 11.3 Å². The first-order valence-electron chi connectivity index (χ1n) is 11.2. The lowest BCUT2D eigenvalue weighted by atomic mass is 9.98. The molecule has 0 aromatic carbocycles. The quantitative estimate of drug-likeness (QED) is 0.499. The summed E-state index contributed by atoms with van der Waals surface area (Å²) in [5.41, 5.74) is 0. The predicted molar refractivity (Wildman–Crippen MR) is 123 cm³/mol. The van der Waals surface area contributed by atoms with E-state index in [0.717, 1.165) is 51.9 Å². The van der Waals surface area contributed by atoms with Gasteiger partial charge in [-0.1, -0.05) is 19.9 Å². The molecule has 3 heterocycles. The van der Waals surface area contributed by atoms with Gasteiger partial charge in [-0.3, -0.25) is 14.8 Å². The van der Waals surface area contributed by atoms with E-state index in [0.29, 0.717) is 17.9 Å². The average molecular weight is 422 g/mol. The van der Waals surface area contributed by atoms with Crippen LogP contribution in [0, 0.1) is 11.8 Å². The molecule has 2 unspecified atom stereocenters. The van der Waals surface area contributed by atoms with Crippen molar-refractivity contribution in [2.24, 2.45) is 16.8 Å². The maximum atomic E-state index is 5.52. The summed E-state index contributed by atoms with van der Waals surface area (Å²) in [5, 5.41) is 9.34. The van der Waals surface area contributed by atoms with Crippen LogP contribution < -0.4 is 10.6 Å². The first kappa shape index (κ1) is 22.5. The van der Waals surface area contributed by atoms with Crippen LogP contribution in [0.15, 0.2) is 22.5 Å². The van der Waals surface area contributed by atoms with Crippen molar-refractivity contribution >= 4 is 17.3 Å². The summed E-state index contributed by atoms with van der Waals surface area (Å²) in [6.07, 6.45) is 2.59. The van der Waals surface area contributed by atoms with Crippen LogP contribution in [-0.4, -0.2) is 81.3 Å². The van der Waals surface area contributed by atoms with Gasteiger partial charge in [0.25, 0.3) is 0 Å². The van der Waals surface area contributed by atoms with Gasteiger partial charge in [0.15, 0.2) is 5.96 Å². The lowest BCUT2D eigenvalue weighted by Gasteiger charge is -2.37. The molecule has 1 aromatic rings. The molecule has 1 aromatic heterocycles. The van der Waals surface area contributed by atoms with Gasteiger partial charge in [0.1, 0.15) is 0 Å². The molecular weight excluding hydrogens is 382 g/mol. The number of guanidine groups is 1. The Hall–Kier alpha value is -1.15. The Morgan fingerprint density at radius 3 is 2.79 bits per heavy atom. The van der Waals surface area contributed by atoms with E-state index >= 15 is 0 Å². The summed E-state index contributed by atoms with van der Waals surface area (Å²) in [6, 6.07) is 4.91. The van der Waals surface area contributed by atoms with Gasteiger partial charge in [0.2, 0.25) is 0 Å². The second kappa shape index (κ2) is 11.9. The van der Waals surface area contributed by atoms with Gasteiger partial charge in [0, 0.05) is 57.2 Å². The predicted octanol–water partition coefficient (Wildman–Crippen LogP) is 2.48. The minimum atomic E-state index is 0.508. The molecule has 29 heavy (non-hydrogen) atoms. The van der Waals surface area contributed by atoms with Crippen molar-refractivity contribution in [2.45, 2.75) is 39.3 Å². The highest BCUT2D eigenvalue weighted by molar-refractivity contribution is 7.09. The van der Waals surface area contributed by atoms with Gasteiger partial charge in [-0.05, 0) is 42.7 Å². The van der Waals surface area contributed by atoms with Crippen LogP contribution in [0.2, 0.25) is 0 Å². The Labute approximate surface area is 180 Å². The molecule has 2 aliphatic rings. The molecule has 2 saturated heterocycles. The first-order chi connectivity index (χ1) is 14.2. The fourth-order valence-electron chi connectivity index (χ4n) is 4.44. The number of hydrogen-bond acceptors (Lipinski definition) is 5. The molecule has 6 nitrogen and oxygen atoms in total. The van der Waals surface area contributed by atoms with Crippen LogP contribution in [0.3, 0.4) is 0 Å². The van der Waals surface area contributed by atoms with Gasteiger partial charge in [-0.15, -0.1) is 11.3 Å². The Morgan fingerprint density at radius 2 is 2.10 bits per heavy atom. The molecule has 164 valence electrons. The van der Waals surface area contributed by atoms with E-state index in [2.05, 4.69) is 56.8 Å². The van der Waals surface area contributed by atoms with E-state index in [4.69, 9.17) is 4.74 Å². The monoisotopic (exact) mass is 421 g/mol. The molecule has 0 amide bonds. The lowest BCUT2D eigenvalue weighted by molar-refractivity contribution is 0.00751. The zero-order chi connectivity index (χ0) is 20.5. The summed E-state index contributed by atoms with van der Waals surface area (Å²) in [6.45, 7) is 13.8. The zero-order valence-electron chi connectivity index (χ0n) is 18.4. The molecule has 2 aliphatic heterocycles. The van der Waals surface area contributed by atoms with Crippen LogP contribution in [0.25, 0.3) is 0 Å². The SMILES string of the molecule is CN=C(NCC1CCCN(Cc2cccs2)C1)NCC(C(C)C)N1CCOCC1. The number of hydrogen-bond donors (Lipinski definition) is 2. The Balaban J connectivity index is 1.42. The third kappa shape index (κ3) is 7.24. The van der Waals surface area contributed by atoms with Crippen molar-refractivity contribution in [3.05, 3.63) is 22.4 Å². The normalized spacial score (nSPS) is 23.3. The van der Waals surface area contributed by atoms with Crippen LogP contribution in [0.1, 0.15) is 31.6 Å². The Kier molecular flexibility index (Phi) is 9.24. The van der Waals surface area contributed by atoms with Gasteiger partial charge >= 0.3 is 0 Å². The molecule has 0 saturated carbocycles. The molecule has 2 N–H and O–H groups in total. The van der Waals surface area contributed by atoms with Crippen molar-refractivity contribution in [3.8, 4) is 0 Å². The summed E-state index contributed by atoms with van der Waals surface area (Å²) < 4.78 is 5.52. The largest absolute Gasteiger partial charge is 0.379 e. The van der Waals surface area contributed by atoms with Crippen LogP contribution in [0.4, 0.5) is 0 Å². The van der Waals surface area contributed by atoms with E-state index < -0.39 is 0 Å². The summed E-state index contributed by atoms with van der Waals surface area (Å²) in [4.78, 5) is 11.1. The molecule has 2 atom stereocenters. The number of rotatable bonds is 8. The number of morpholine rings is 1. The highest BCUT2D eigenvalue weighted by Crippen LogP contribution is 2.20. The van der Waals surface area contributed by atoms with E-state index in [1.165, 1.54) is 30.8 Å². The highest BCUT2D eigenvalue weighted by atomic mass is 32.1. The topological polar surface area (TPSA) is 52.1 Å². The molecule has 0 spiro atoms.